The van der Waals surface area contributed by atoms with Crippen molar-refractivity contribution in [2.24, 2.45) is 5.92 Å². The summed E-state index contributed by atoms with van der Waals surface area (Å²) in [4.78, 5) is 21.9. The molecule has 0 unspecified atom stereocenters. The second-order valence-electron chi connectivity index (χ2n) is 3.76. The van der Waals surface area contributed by atoms with E-state index in [2.05, 4.69) is 0 Å². The summed E-state index contributed by atoms with van der Waals surface area (Å²) in [7, 11) is 0. The Bertz CT molecular complexity index is 352. The second-order valence-corrected chi connectivity index (χ2v) is 3.76. The molecule has 78 valence electrons. The Kier molecular flexibility index (Phi) is 2.81. The molecule has 0 atom stereocenters. The van der Waals surface area contributed by atoms with Crippen molar-refractivity contribution < 1.29 is 14.3 Å². The van der Waals surface area contributed by atoms with Crippen LogP contribution in [0.4, 0.5) is 0 Å². The highest BCUT2D eigenvalue weighted by atomic mass is 16.5. The van der Waals surface area contributed by atoms with Gasteiger partial charge < -0.3 is 9.53 Å². The number of carbonyl (C=O) groups excluding carboxylic acids is 2. The molecular weight excluding hydrogens is 192 g/mol. The summed E-state index contributed by atoms with van der Waals surface area (Å²) in [5.74, 6) is -0.219. The molecule has 1 aromatic carbocycles. The third kappa shape index (κ3) is 2.24. The molecule has 0 bridgehead atoms. The lowest BCUT2D eigenvalue weighted by Gasteiger charge is -2.30. The molecule has 1 aliphatic rings. The highest BCUT2D eigenvalue weighted by Gasteiger charge is 2.31. The monoisotopic (exact) mass is 204 g/mol. The first kappa shape index (κ1) is 9.90. The van der Waals surface area contributed by atoms with E-state index in [-0.39, 0.29) is 18.0 Å². The highest BCUT2D eigenvalue weighted by molar-refractivity contribution is 5.89. The van der Waals surface area contributed by atoms with Crippen molar-refractivity contribution in [3.8, 4) is 0 Å². The largest absolute Gasteiger partial charge is 0.459 e. The van der Waals surface area contributed by atoms with Gasteiger partial charge in [0.1, 0.15) is 12.4 Å². The summed E-state index contributed by atoms with van der Waals surface area (Å²) in [6, 6.07) is 8.89. The molecule has 1 aromatic rings. The fraction of sp³-hybridized carbons (Fsp3) is 0.333. The first-order valence-corrected chi connectivity index (χ1v) is 5.01. The van der Waals surface area contributed by atoms with Crippen LogP contribution in [-0.2, 0) is 9.53 Å². The number of hydrogen-bond acceptors (Lipinski definition) is 3. The standard InChI is InChI=1S/C12H12O3/c13-8-9-6-11(7-9)15-12(14)10-4-2-1-3-5-10/h1-5,8-9,11H,6-7H2. The number of hydrogen-bond donors (Lipinski definition) is 0. The Hall–Kier alpha value is -1.64. The maximum atomic E-state index is 11.5. The van der Waals surface area contributed by atoms with Crippen LogP contribution in [-0.4, -0.2) is 18.4 Å². The third-order valence-corrected chi connectivity index (χ3v) is 2.61. The molecule has 1 fully saturated rings. The first-order chi connectivity index (χ1) is 7.29. The average molecular weight is 204 g/mol. The number of ether oxygens (including phenoxy) is 1. The molecular formula is C12H12O3. The predicted molar refractivity (Wildman–Crippen MR) is 54.4 cm³/mol. The zero-order valence-corrected chi connectivity index (χ0v) is 8.26. The lowest BCUT2D eigenvalue weighted by molar-refractivity contribution is -0.117. The van der Waals surface area contributed by atoms with Gasteiger partial charge in [0.05, 0.1) is 5.56 Å². The molecule has 0 amide bonds. The fourth-order valence-electron chi connectivity index (χ4n) is 1.61. The van der Waals surface area contributed by atoms with E-state index in [0.29, 0.717) is 18.4 Å². The third-order valence-electron chi connectivity index (χ3n) is 2.61. The van der Waals surface area contributed by atoms with Crippen LogP contribution in [0.1, 0.15) is 23.2 Å². The summed E-state index contributed by atoms with van der Waals surface area (Å²) in [5, 5.41) is 0. The quantitative estimate of drug-likeness (QED) is 0.557. The minimum Gasteiger partial charge on any atom is -0.459 e. The van der Waals surface area contributed by atoms with Crippen molar-refractivity contribution in [2.45, 2.75) is 18.9 Å². The van der Waals surface area contributed by atoms with Crippen molar-refractivity contribution in [3.05, 3.63) is 35.9 Å². The van der Waals surface area contributed by atoms with Gasteiger partial charge in [0.2, 0.25) is 0 Å². The number of esters is 1. The number of rotatable bonds is 3. The van der Waals surface area contributed by atoms with Crippen molar-refractivity contribution >= 4 is 12.3 Å². The lowest BCUT2D eigenvalue weighted by Crippen LogP contribution is -2.33. The van der Waals surface area contributed by atoms with Crippen molar-refractivity contribution in [1.29, 1.82) is 0 Å². The molecule has 1 saturated carbocycles. The second kappa shape index (κ2) is 4.26. The number of carbonyl (C=O) groups is 2. The molecule has 2 rings (SSSR count). The fourth-order valence-corrected chi connectivity index (χ4v) is 1.61. The van der Waals surface area contributed by atoms with Crippen LogP contribution in [0.2, 0.25) is 0 Å². The van der Waals surface area contributed by atoms with Crippen molar-refractivity contribution in [3.63, 3.8) is 0 Å². The van der Waals surface area contributed by atoms with E-state index < -0.39 is 0 Å². The SMILES string of the molecule is O=CC1CC(OC(=O)c2ccccc2)C1. The lowest BCUT2D eigenvalue weighted by atomic mass is 9.83. The topological polar surface area (TPSA) is 43.4 Å². The van der Waals surface area contributed by atoms with Gasteiger partial charge in [-0.05, 0) is 25.0 Å². The van der Waals surface area contributed by atoms with Crippen molar-refractivity contribution in [1.82, 2.24) is 0 Å². The van der Waals surface area contributed by atoms with Crippen LogP contribution >= 0.6 is 0 Å². The average Bonchev–Trinajstić information content (AvgIpc) is 2.23. The maximum absolute atomic E-state index is 11.5. The molecule has 3 nitrogen and oxygen atoms in total. The van der Waals surface area contributed by atoms with E-state index in [1.807, 2.05) is 6.07 Å². The van der Waals surface area contributed by atoms with Gasteiger partial charge in [0.15, 0.2) is 0 Å². The van der Waals surface area contributed by atoms with Crippen LogP contribution in [0.5, 0.6) is 0 Å². The van der Waals surface area contributed by atoms with Crippen LogP contribution in [0, 0.1) is 5.92 Å². The van der Waals surface area contributed by atoms with Gasteiger partial charge in [-0.3, -0.25) is 0 Å². The molecule has 0 radical (unpaired) electrons. The van der Waals surface area contributed by atoms with Crippen LogP contribution in [0.15, 0.2) is 30.3 Å². The summed E-state index contributed by atoms with van der Waals surface area (Å²) >= 11 is 0. The van der Waals surface area contributed by atoms with E-state index >= 15 is 0 Å². The predicted octanol–water partition coefficient (Wildman–Crippen LogP) is 1.82. The molecule has 0 saturated heterocycles. The van der Waals surface area contributed by atoms with Crippen LogP contribution < -0.4 is 0 Å². The van der Waals surface area contributed by atoms with Gasteiger partial charge in [-0.25, -0.2) is 4.79 Å². The first-order valence-electron chi connectivity index (χ1n) is 5.01. The van der Waals surface area contributed by atoms with Crippen molar-refractivity contribution in [2.75, 3.05) is 0 Å². The normalized spacial score (nSPS) is 24.0. The van der Waals surface area contributed by atoms with E-state index in [1.165, 1.54) is 0 Å². The number of aldehydes is 1. The van der Waals surface area contributed by atoms with E-state index in [1.54, 1.807) is 24.3 Å². The van der Waals surface area contributed by atoms with Gasteiger partial charge in [-0.15, -0.1) is 0 Å². The summed E-state index contributed by atoms with van der Waals surface area (Å²) in [6.45, 7) is 0. The minimum absolute atomic E-state index is 0.0760. The Morgan fingerprint density at radius 2 is 1.93 bits per heavy atom. The Morgan fingerprint density at radius 1 is 1.27 bits per heavy atom. The zero-order chi connectivity index (χ0) is 10.7. The van der Waals surface area contributed by atoms with E-state index in [4.69, 9.17) is 4.74 Å². The number of benzene rings is 1. The van der Waals surface area contributed by atoms with Crippen LogP contribution in [0.3, 0.4) is 0 Å². The van der Waals surface area contributed by atoms with Crippen LogP contribution in [0.25, 0.3) is 0 Å². The molecule has 0 N–H and O–H groups in total. The van der Waals surface area contributed by atoms with E-state index in [0.717, 1.165) is 6.29 Å². The van der Waals surface area contributed by atoms with Gasteiger partial charge in [-0.2, -0.15) is 0 Å². The molecule has 0 spiro atoms. The minimum atomic E-state index is -0.301. The van der Waals surface area contributed by atoms with Gasteiger partial charge in [0.25, 0.3) is 0 Å². The molecule has 0 aromatic heterocycles. The summed E-state index contributed by atoms with van der Waals surface area (Å²) in [6.07, 6.45) is 2.18. The van der Waals surface area contributed by atoms with Gasteiger partial charge in [-0.1, -0.05) is 18.2 Å². The maximum Gasteiger partial charge on any atom is 0.338 e. The Labute approximate surface area is 88.1 Å². The molecule has 1 aliphatic carbocycles. The molecule has 0 heterocycles. The smallest absolute Gasteiger partial charge is 0.338 e. The zero-order valence-electron chi connectivity index (χ0n) is 8.26. The van der Waals surface area contributed by atoms with Gasteiger partial charge >= 0.3 is 5.97 Å². The molecule has 15 heavy (non-hydrogen) atoms. The highest BCUT2D eigenvalue weighted by Crippen LogP contribution is 2.28. The molecule has 3 heteroatoms. The Morgan fingerprint density at radius 3 is 2.53 bits per heavy atom. The Balaban J connectivity index is 1.86. The van der Waals surface area contributed by atoms with E-state index in [9.17, 15) is 9.59 Å². The summed E-state index contributed by atoms with van der Waals surface area (Å²) < 4.78 is 5.21. The van der Waals surface area contributed by atoms with Gasteiger partial charge in [0, 0.05) is 5.92 Å². The summed E-state index contributed by atoms with van der Waals surface area (Å²) in [5.41, 5.74) is 0.562. The molecule has 0 aliphatic heterocycles.